The number of benzene rings is 2. The van der Waals surface area contributed by atoms with Crippen LogP contribution in [-0.4, -0.2) is 31.5 Å². The first kappa shape index (κ1) is 15.6. The molecule has 0 aliphatic heterocycles. The molecule has 18 heavy (non-hydrogen) atoms. The SMILES string of the molecule is O=S(=O)(c1ccccc1)c1ccc([O][Zn])cc1.[MgH2]. The van der Waals surface area contributed by atoms with Gasteiger partial charge >= 0.3 is 134 Å². The van der Waals surface area contributed by atoms with Crippen LogP contribution < -0.4 is 3.56 Å². The zero-order valence-electron chi connectivity index (χ0n) is 9.04. The van der Waals surface area contributed by atoms with Crippen molar-refractivity contribution in [2.45, 2.75) is 9.79 Å². The van der Waals surface area contributed by atoms with Gasteiger partial charge in [0.05, 0.1) is 0 Å². The van der Waals surface area contributed by atoms with E-state index in [4.69, 9.17) is 3.56 Å². The van der Waals surface area contributed by atoms with E-state index in [1.165, 1.54) is 0 Å². The first-order valence-electron chi connectivity index (χ1n) is 4.97. The molecule has 0 saturated carbocycles. The molecule has 3 nitrogen and oxygen atoms in total. The zero-order valence-corrected chi connectivity index (χ0v) is 12.8. The van der Waals surface area contributed by atoms with Gasteiger partial charge in [-0.25, -0.2) is 0 Å². The fourth-order valence-electron chi connectivity index (χ4n) is 1.45. The standard InChI is InChI=1S/C12H10O3S.Mg.Zn.2H/c13-10-6-8-12(9-7-10)16(14,15)11-4-2-1-3-5-11;;;;/h1-9,13H;;;;/q;;+1;;/p-1. The van der Waals surface area contributed by atoms with Gasteiger partial charge in [-0.1, -0.05) is 0 Å². The summed E-state index contributed by atoms with van der Waals surface area (Å²) in [6.45, 7) is 0. The fourth-order valence-corrected chi connectivity index (χ4v) is 3.14. The third-order valence-corrected chi connectivity index (χ3v) is 4.84. The van der Waals surface area contributed by atoms with Crippen LogP contribution in [0.3, 0.4) is 0 Å². The molecule has 0 spiro atoms. The van der Waals surface area contributed by atoms with Crippen LogP contribution in [0.5, 0.6) is 5.75 Å². The Morgan fingerprint density at radius 2 is 1.33 bits per heavy atom. The maximum absolute atomic E-state index is 12.2. The van der Waals surface area contributed by atoms with Gasteiger partial charge in [-0.2, -0.15) is 0 Å². The Morgan fingerprint density at radius 1 is 0.833 bits per heavy atom. The third kappa shape index (κ3) is 3.32. The van der Waals surface area contributed by atoms with E-state index < -0.39 is 9.84 Å². The second-order valence-electron chi connectivity index (χ2n) is 3.43. The van der Waals surface area contributed by atoms with E-state index in [1.807, 2.05) is 0 Å². The molecule has 0 unspecified atom stereocenters. The van der Waals surface area contributed by atoms with E-state index in [1.54, 1.807) is 54.6 Å². The molecule has 6 heteroatoms. The minimum Gasteiger partial charge on any atom is 0.316 e. The van der Waals surface area contributed by atoms with Gasteiger partial charge in [-0.3, -0.25) is 0 Å². The van der Waals surface area contributed by atoms with Crippen LogP contribution in [0.1, 0.15) is 0 Å². The monoisotopic (exact) mass is 323 g/mol. The predicted molar refractivity (Wildman–Crippen MR) is 67.5 cm³/mol. The number of hydrogen-bond acceptors (Lipinski definition) is 3. The summed E-state index contributed by atoms with van der Waals surface area (Å²) < 4.78 is 29.5. The summed E-state index contributed by atoms with van der Waals surface area (Å²) in [5, 5.41) is 0. The van der Waals surface area contributed by atoms with Gasteiger partial charge in [0.1, 0.15) is 0 Å². The minimum atomic E-state index is -3.41. The van der Waals surface area contributed by atoms with E-state index in [0.717, 1.165) is 0 Å². The Morgan fingerprint density at radius 3 is 1.83 bits per heavy atom. The largest absolute Gasteiger partial charge is 0.316 e. The Hall–Kier alpha value is -0.420. The molecule has 0 radical (unpaired) electrons. The molecule has 0 amide bonds. The summed E-state index contributed by atoms with van der Waals surface area (Å²) in [4.78, 5) is 0.586. The smallest absolute Gasteiger partial charge is 0.316 e. The average molecular weight is 325 g/mol. The Kier molecular flexibility index (Phi) is 5.79. The molecule has 2 aromatic rings. The molecule has 0 N–H and O–H groups in total. The second kappa shape index (κ2) is 6.66. The van der Waals surface area contributed by atoms with Crippen LogP contribution >= 0.6 is 0 Å². The molecule has 2 rings (SSSR count). The van der Waals surface area contributed by atoms with Crippen LogP contribution in [0.4, 0.5) is 0 Å². The molecule has 0 aromatic heterocycles. The first-order chi connectivity index (χ1) is 8.14. The van der Waals surface area contributed by atoms with Crippen LogP contribution in [0.15, 0.2) is 64.4 Å². The van der Waals surface area contributed by atoms with Gasteiger partial charge in [0.25, 0.3) is 0 Å². The van der Waals surface area contributed by atoms with Crippen LogP contribution in [0, 0.1) is 0 Å². The van der Waals surface area contributed by atoms with Crippen molar-refractivity contribution in [2.24, 2.45) is 0 Å². The van der Waals surface area contributed by atoms with Crippen molar-refractivity contribution in [1.82, 2.24) is 0 Å². The van der Waals surface area contributed by atoms with Crippen molar-refractivity contribution in [3.8, 4) is 5.75 Å². The summed E-state index contributed by atoms with van der Waals surface area (Å²) in [6.07, 6.45) is 0. The molecule has 0 bridgehead atoms. The van der Waals surface area contributed by atoms with Crippen molar-refractivity contribution in [2.75, 3.05) is 0 Å². The topological polar surface area (TPSA) is 43.4 Å². The Labute approximate surface area is 133 Å². The molecule has 0 aliphatic rings. The molecular weight excluding hydrogens is 314 g/mol. The van der Waals surface area contributed by atoms with Crippen LogP contribution in [-0.2, 0) is 28.5 Å². The molecule has 0 saturated heterocycles. The maximum Gasteiger partial charge on any atom is 0.316 e. The second-order valence-corrected chi connectivity index (χ2v) is 5.99. The van der Waals surface area contributed by atoms with Gasteiger partial charge in [0.2, 0.25) is 0 Å². The minimum absolute atomic E-state index is 0. The van der Waals surface area contributed by atoms with E-state index >= 15 is 0 Å². The number of sulfone groups is 1. The molecule has 0 atom stereocenters. The van der Waals surface area contributed by atoms with Gasteiger partial charge in [-0.15, -0.1) is 0 Å². The Bertz CT molecular complexity index is 597. The van der Waals surface area contributed by atoms with Crippen molar-refractivity contribution >= 4 is 32.9 Å². The van der Waals surface area contributed by atoms with Crippen LogP contribution in [0.2, 0.25) is 0 Å². The Balaban J connectivity index is 0.00000162. The normalized spacial score (nSPS) is 10.6. The van der Waals surface area contributed by atoms with Gasteiger partial charge in [0, 0.05) is 0 Å². The van der Waals surface area contributed by atoms with Crippen LogP contribution in [0.25, 0.3) is 0 Å². The summed E-state index contributed by atoms with van der Waals surface area (Å²) in [6, 6.07) is 14.8. The molecule has 87 valence electrons. The van der Waals surface area contributed by atoms with E-state index in [-0.39, 0.29) is 27.9 Å². The number of hydrogen-bond donors (Lipinski definition) is 0. The van der Waals surface area contributed by atoms with E-state index in [2.05, 4.69) is 0 Å². The van der Waals surface area contributed by atoms with Crippen molar-refractivity contribution < 1.29 is 30.6 Å². The average Bonchev–Trinajstić information content (AvgIpc) is 2.40. The zero-order chi connectivity index (χ0) is 12.3. The predicted octanol–water partition coefficient (Wildman–Crippen LogP) is 1.44. The maximum atomic E-state index is 12.2. The van der Waals surface area contributed by atoms with Gasteiger partial charge in [-0.05, 0) is 0 Å². The molecule has 0 fully saturated rings. The van der Waals surface area contributed by atoms with E-state index in [9.17, 15) is 8.42 Å². The third-order valence-electron chi connectivity index (χ3n) is 2.35. The first-order valence-corrected chi connectivity index (χ1v) is 7.66. The van der Waals surface area contributed by atoms with Crippen molar-refractivity contribution in [1.29, 1.82) is 0 Å². The molecule has 0 heterocycles. The summed E-state index contributed by atoms with van der Waals surface area (Å²) in [5.41, 5.74) is 0. The quantitative estimate of drug-likeness (QED) is 0.803. The molecule has 0 aliphatic carbocycles. The molecular formula is C12H11MgO3SZn. The van der Waals surface area contributed by atoms with E-state index in [0.29, 0.717) is 29.3 Å². The fraction of sp³-hybridized carbons (Fsp3) is 0. The summed E-state index contributed by atoms with van der Waals surface area (Å²) in [5.74, 6) is 0.692. The van der Waals surface area contributed by atoms with Gasteiger partial charge < -0.3 is 0 Å². The molecule has 2 aromatic carbocycles. The van der Waals surface area contributed by atoms with Crippen molar-refractivity contribution in [3.63, 3.8) is 0 Å². The summed E-state index contributed by atoms with van der Waals surface area (Å²) >= 11 is 0.685. The van der Waals surface area contributed by atoms with Crippen molar-refractivity contribution in [3.05, 3.63) is 54.6 Å². The number of rotatable bonds is 3. The van der Waals surface area contributed by atoms with Gasteiger partial charge in [0.15, 0.2) is 0 Å². The summed E-state index contributed by atoms with van der Waals surface area (Å²) in [7, 11) is -3.41.